The molecule has 138 valence electrons. The molecule has 0 amide bonds. The Kier molecular flexibility index (Phi) is 4.68. The van der Waals surface area contributed by atoms with Crippen LogP contribution in [0.15, 0.2) is 41.2 Å². The van der Waals surface area contributed by atoms with Gasteiger partial charge < -0.3 is 14.4 Å². The van der Waals surface area contributed by atoms with Crippen LogP contribution in [0.2, 0.25) is 0 Å². The summed E-state index contributed by atoms with van der Waals surface area (Å²) in [4.78, 5) is 15.3. The van der Waals surface area contributed by atoms with E-state index in [0.29, 0.717) is 16.0 Å². The van der Waals surface area contributed by atoms with Gasteiger partial charge in [-0.25, -0.2) is 0 Å². The molecule has 10 heteroatoms. The molecule has 0 aliphatic rings. The Balaban J connectivity index is 1.87. The summed E-state index contributed by atoms with van der Waals surface area (Å²) in [6.45, 7) is 1.34. The molecule has 0 spiro atoms. The van der Waals surface area contributed by atoms with Crippen LogP contribution >= 0.6 is 0 Å². The van der Waals surface area contributed by atoms with E-state index in [9.17, 15) is 23.1 Å². The first-order valence-corrected chi connectivity index (χ1v) is 7.66. The first-order chi connectivity index (χ1) is 12.3. The highest BCUT2D eigenvalue weighted by atomic mass is 19.4. The molecule has 1 N–H and O–H groups in total. The van der Waals surface area contributed by atoms with Crippen molar-refractivity contribution < 1.29 is 23.0 Å². The van der Waals surface area contributed by atoms with Crippen molar-refractivity contribution in [2.75, 3.05) is 6.61 Å². The van der Waals surface area contributed by atoms with Gasteiger partial charge in [-0.05, 0) is 19.1 Å². The molecule has 0 saturated carbocycles. The fourth-order valence-electron chi connectivity index (χ4n) is 2.42. The lowest BCUT2D eigenvalue weighted by Crippen LogP contribution is -2.28. The Morgan fingerprint density at radius 1 is 1.27 bits per heavy atom. The average molecular weight is 368 g/mol. The van der Waals surface area contributed by atoms with Crippen LogP contribution in [0.1, 0.15) is 11.5 Å². The number of halogens is 3. The standard InChI is InChI=1S/C16H15F3N4O3/c1-10-7-13(25)23-15(20-14(21-23)16(17,18)19)22(10)8-11(24)9-26-12-5-3-2-4-6-12/h2-7,11,24H,8-9H2,1H3. The van der Waals surface area contributed by atoms with E-state index in [1.165, 1.54) is 11.5 Å². The van der Waals surface area contributed by atoms with Crippen LogP contribution in [0, 0.1) is 6.92 Å². The number of fused-ring (bicyclic) bond motifs is 1. The Bertz CT molecular complexity index is 967. The Labute approximate surface area is 145 Å². The van der Waals surface area contributed by atoms with Gasteiger partial charge in [-0.1, -0.05) is 18.2 Å². The molecule has 7 nitrogen and oxygen atoms in total. The Morgan fingerprint density at radius 2 is 1.96 bits per heavy atom. The lowest BCUT2D eigenvalue weighted by molar-refractivity contribution is -0.144. The number of aromatic nitrogens is 4. The van der Waals surface area contributed by atoms with Crippen LogP contribution < -0.4 is 10.3 Å². The van der Waals surface area contributed by atoms with E-state index in [0.717, 1.165) is 6.07 Å². The molecule has 1 unspecified atom stereocenters. The quantitative estimate of drug-likeness (QED) is 0.741. The largest absolute Gasteiger partial charge is 0.491 e. The minimum atomic E-state index is -4.78. The number of rotatable bonds is 5. The van der Waals surface area contributed by atoms with Gasteiger partial charge in [0.25, 0.3) is 11.4 Å². The van der Waals surface area contributed by atoms with Crippen molar-refractivity contribution in [1.29, 1.82) is 0 Å². The van der Waals surface area contributed by atoms with Crippen LogP contribution in [0.3, 0.4) is 0 Å². The third-order valence-corrected chi connectivity index (χ3v) is 3.63. The first kappa shape index (κ1) is 17.9. The smallest absolute Gasteiger partial charge is 0.453 e. The molecule has 2 heterocycles. The number of aryl methyl sites for hydroxylation is 1. The fraction of sp³-hybridized carbons (Fsp3) is 0.312. The van der Waals surface area contributed by atoms with Crippen molar-refractivity contribution in [3.63, 3.8) is 0 Å². The summed E-state index contributed by atoms with van der Waals surface area (Å²) in [5.41, 5.74) is -0.380. The second-order valence-electron chi connectivity index (χ2n) is 5.66. The number of hydrogen-bond acceptors (Lipinski definition) is 5. The normalized spacial score (nSPS) is 13.1. The third kappa shape index (κ3) is 3.69. The topological polar surface area (TPSA) is 81.7 Å². The number of aliphatic hydroxyl groups excluding tert-OH is 1. The number of nitrogens with zero attached hydrogens (tertiary/aromatic N) is 4. The number of para-hydroxylation sites is 1. The molecule has 0 fully saturated rings. The maximum atomic E-state index is 12.8. The number of ether oxygens (including phenoxy) is 1. The van der Waals surface area contributed by atoms with E-state index in [1.807, 2.05) is 6.07 Å². The summed E-state index contributed by atoms with van der Waals surface area (Å²) < 4.78 is 45.8. The maximum Gasteiger partial charge on any atom is 0.453 e. The molecule has 0 bridgehead atoms. The van der Waals surface area contributed by atoms with Crippen molar-refractivity contribution in [2.45, 2.75) is 25.7 Å². The first-order valence-electron chi connectivity index (χ1n) is 7.66. The molecule has 0 aliphatic carbocycles. The van der Waals surface area contributed by atoms with E-state index in [2.05, 4.69) is 10.1 Å². The van der Waals surface area contributed by atoms with Gasteiger partial charge in [-0.3, -0.25) is 4.79 Å². The maximum absolute atomic E-state index is 12.8. The predicted octanol–water partition coefficient (Wildman–Crippen LogP) is 1.66. The second-order valence-corrected chi connectivity index (χ2v) is 5.66. The average Bonchev–Trinajstić information content (AvgIpc) is 3.04. The molecule has 1 aromatic carbocycles. The summed E-state index contributed by atoms with van der Waals surface area (Å²) in [5, 5.41) is 13.4. The Hall–Kier alpha value is -2.88. The van der Waals surface area contributed by atoms with Gasteiger partial charge in [-0.2, -0.15) is 22.7 Å². The van der Waals surface area contributed by atoms with Gasteiger partial charge in [0.05, 0.1) is 6.54 Å². The fourth-order valence-corrected chi connectivity index (χ4v) is 2.42. The zero-order valence-corrected chi connectivity index (χ0v) is 13.6. The van der Waals surface area contributed by atoms with Gasteiger partial charge in [0.1, 0.15) is 18.5 Å². The highest BCUT2D eigenvalue weighted by Crippen LogP contribution is 2.26. The summed E-state index contributed by atoms with van der Waals surface area (Å²) in [6.07, 6.45) is -5.81. The number of benzene rings is 1. The SMILES string of the molecule is Cc1cc(=O)n2nc(C(F)(F)F)nc2n1CC(O)COc1ccccc1. The molecule has 1 atom stereocenters. The Morgan fingerprint density at radius 3 is 2.62 bits per heavy atom. The summed E-state index contributed by atoms with van der Waals surface area (Å²) in [6, 6.07) is 9.91. The zero-order valence-electron chi connectivity index (χ0n) is 13.6. The molecular formula is C16H15F3N4O3. The van der Waals surface area contributed by atoms with Crippen LogP contribution in [0.25, 0.3) is 5.78 Å². The van der Waals surface area contributed by atoms with Gasteiger partial charge in [0.15, 0.2) is 0 Å². The van der Waals surface area contributed by atoms with Crippen molar-refractivity contribution in [2.24, 2.45) is 0 Å². The van der Waals surface area contributed by atoms with Crippen LogP contribution in [0.4, 0.5) is 13.2 Å². The van der Waals surface area contributed by atoms with E-state index in [4.69, 9.17) is 4.74 Å². The zero-order chi connectivity index (χ0) is 18.9. The van der Waals surface area contributed by atoms with Crippen molar-refractivity contribution >= 4 is 5.78 Å². The summed E-state index contributed by atoms with van der Waals surface area (Å²) in [7, 11) is 0. The number of hydrogen-bond donors (Lipinski definition) is 1. The monoisotopic (exact) mass is 368 g/mol. The van der Waals surface area contributed by atoms with Crippen LogP contribution in [-0.2, 0) is 12.7 Å². The molecular weight excluding hydrogens is 353 g/mol. The van der Waals surface area contributed by atoms with Gasteiger partial charge >= 0.3 is 6.18 Å². The van der Waals surface area contributed by atoms with E-state index in [-0.39, 0.29) is 18.9 Å². The molecule has 0 saturated heterocycles. The van der Waals surface area contributed by atoms with Gasteiger partial charge in [0, 0.05) is 11.8 Å². The number of aliphatic hydroxyl groups is 1. The van der Waals surface area contributed by atoms with E-state index in [1.54, 1.807) is 24.3 Å². The van der Waals surface area contributed by atoms with E-state index < -0.39 is 23.7 Å². The van der Waals surface area contributed by atoms with Gasteiger partial charge in [0.2, 0.25) is 5.78 Å². The summed E-state index contributed by atoms with van der Waals surface area (Å²) in [5.74, 6) is -1.15. The molecule has 0 aliphatic heterocycles. The van der Waals surface area contributed by atoms with Crippen molar-refractivity contribution in [1.82, 2.24) is 19.2 Å². The van der Waals surface area contributed by atoms with Crippen molar-refractivity contribution in [3.05, 3.63) is 58.3 Å². The minimum Gasteiger partial charge on any atom is -0.491 e. The lowest BCUT2D eigenvalue weighted by atomic mass is 10.3. The van der Waals surface area contributed by atoms with Crippen molar-refractivity contribution in [3.8, 4) is 5.75 Å². The minimum absolute atomic E-state index is 0.0813. The summed E-state index contributed by atoms with van der Waals surface area (Å²) >= 11 is 0. The molecule has 26 heavy (non-hydrogen) atoms. The second kappa shape index (κ2) is 6.79. The lowest BCUT2D eigenvalue weighted by Gasteiger charge is -2.16. The molecule has 2 aromatic heterocycles. The molecule has 0 radical (unpaired) electrons. The number of alkyl halides is 3. The van der Waals surface area contributed by atoms with Crippen LogP contribution in [0.5, 0.6) is 5.75 Å². The van der Waals surface area contributed by atoms with E-state index >= 15 is 0 Å². The van der Waals surface area contributed by atoms with Gasteiger partial charge in [-0.15, -0.1) is 5.10 Å². The third-order valence-electron chi connectivity index (χ3n) is 3.63. The molecule has 3 rings (SSSR count). The highest BCUT2D eigenvalue weighted by molar-refractivity contribution is 5.31. The molecule has 3 aromatic rings. The predicted molar refractivity (Wildman–Crippen MR) is 84.9 cm³/mol. The highest BCUT2D eigenvalue weighted by Gasteiger charge is 2.37. The van der Waals surface area contributed by atoms with Crippen LogP contribution in [-0.4, -0.2) is 37.0 Å².